The van der Waals surface area contributed by atoms with Gasteiger partial charge in [-0.05, 0) is 38.3 Å². The zero-order chi connectivity index (χ0) is 18.2. The Morgan fingerprint density at radius 3 is 3.04 bits per heavy atom. The van der Waals surface area contributed by atoms with Gasteiger partial charge in [0.2, 0.25) is 0 Å². The van der Waals surface area contributed by atoms with Crippen molar-refractivity contribution in [3.63, 3.8) is 0 Å². The summed E-state index contributed by atoms with van der Waals surface area (Å²) in [6.07, 6.45) is 11.8. The van der Waals surface area contributed by atoms with E-state index in [1.165, 1.54) is 17.7 Å². The standard InChI is InChI=1S/C19H23N7O/c27-19-6-5-18(24-10-7-20-14-24)22-26(19)13-16-3-1-8-23(16)12-15-11-21-25-9-2-4-17(15)25/h5-7,10-11,14,16H,1-4,8-9,12-13H2. The van der Waals surface area contributed by atoms with Gasteiger partial charge in [-0.25, -0.2) is 9.67 Å². The number of aryl methyl sites for hydroxylation is 1. The van der Waals surface area contributed by atoms with E-state index in [0.29, 0.717) is 18.4 Å². The maximum absolute atomic E-state index is 12.3. The molecule has 0 bridgehead atoms. The first-order chi connectivity index (χ1) is 13.3. The van der Waals surface area contributed by atoms with Crippen molar-refractivity contribution < 1.29 is 0 Å². The van der Waals surface area contributed by atoms with Gasteiger partial charge in [-0.2, -0.15) is 10.2 Å². The highest BCUT2D eigenvalue weighted by Gasteiger charge is 2.27. The molecule has 2 aliphatic rings. The van der Waals surface area contributed by atoms with Crippen molar-refractivity contribution in [1.82, 2.24) is 34.0 Å². The highest BCUT2D eigenvalue weighted by molar-refractivity contribution is 5.21. The van der Waals surface area contributed by atoms with E-state index in [9.17, 15) is 4.79 Å². The first-order valence-corrected chi connectivity index (χ1v) is 9.62. The monoisotopic (exact) mass is 365 g/mol. The predicted molar refractivity (Wildman–Crippen MR) is 99.6 cm³/mol. The van der Waals surface area contributed by atoms with E-state index in [1.807, 2.05) is 17.0 Å². The molecule has 0 saturated carbocycles. The molecule has 0 amide bonds. The van der Waals surface area contributed by atoms with E-state index in [-0.39, 0.29) is 5.56 Å². The van der Waals surface area contributed by atoms with Gasteiger partial charge >= 0.3 is 0 Å². The van der Waals surface area contributed by atoms with Crippen molar-refractivity contribution >= 4 is 0 Å². The van der Waals surface area contributed by atoms with Crippen LogP contribution in [0.2, 0.25) is 0 Å². The molecule has 0 aliphatic carbocycles. The van der Waals surface area contributed by atoms with Crippen molar-refractivity contribution in [3.05, 3.63) is 58.7 Å². The zero-order valence-corrected chi connectivity index (χ0v) is 15.2. The molecule has 27 heavy (non-hydrogen) atoms. The largest absolute Gasteiger partial charge is 0.294 e. The van der Waals surface area contributed by atoms with Crippen LogP contribution in [0.1, 0.15) is 30.5 Å². The molecule has 0 N–H and O–H groups in total. The Balaban J connectivity index is 1.35. The van der Waals surface area contributed by atoms with Gasteiger partial charge in [0, 0.05) is 48.8 Å². The zero-order valence-electron chi connectivity index (χ0n) is 15.2. The van der Waals surface area contributed by atoms with Gasteiger partial charge in [0.05, 0.1) is 12.7 Å². The van der Waals surface area contributed by atoms with Crippen molar-refractivity contribution in [3.8, 4) is 5.82 Å². The molecule has 0 spiro atoms. The van der Waals surface area contributed by atoms with Gasteiger partial charge in [0.1, 0.15) is 6.33 Å². The molecule has 1 saturated heterocycles. The Hall–Kier alpha value is -2.74. The first-order valence-electron chi connectivity index (χ1n) is 9.62. The number of nitrogens with zero attached hydrogens (tertiary/aromatic N) is 7. The molecule has 3 aromatic heterocycles. The second-order valence-electron chi connectivity index (χ2n) is 7.39. The predicted octanol–water partition coefficient (Wildman–Crippen LogP) is 1.24. The fourth-order valence-electron chi connectivity index (χ4n) is 4.29. The summed E-state index contributed by atoms with van der Waals surface area (Å²) in [5.41, 5.74) is 2.67. The summed E-state index contributed by atoms with van der Waals surface area (Å²) < 4.78 is 5.56. The van der Waals surface area contributed by atoms with Crippen LogP contribution in [0.3, 0.4) is 0 Å². The van der Waals surface area contributed by atoms with Crippen LogP contribution >= 0.6 is 0 Å². The summed E-state index contributed by atoms with van der Waals surface area (Å²) in [5.74, 6) is 0.714. The van der Waals surface area contributed by atoms with Crippen LogP contribution in [0, 0.1) is 0 Å². The second-order valence-corrected chi connectivity index (χ2v) is 7.39. The Labute approximate surface area is 157 Å². The molecule has 2 aliphatic heterocycles. The number of hydrogen-bond acceptors (Lipinski definition) is 5. The molecule has 0 aromatic carbocycles. The van der Waals surface area contributed by atoms with Crippen LogP contribution in [0.25, 0.3) is 5.82 Å². The Bertz CT molecular complexity index is 988. The summed E-state index contributed by atoms with van der Waals surface area (Å²) in [6.45, 7) is 3.63. The number of rotatable bonds is 5. The number of likely N-dealkylation sites (tertiary alicyclic amines) is 1. The molecule has 1 unspecified atom stereocenters. The number of imidazole rings is 1. The minimum atomic E-state index is -0.0582. The van der Waals surface area contributed by atoms with E-state index in [2.05, 4.69) is 24.8 Å². The molecule has 8 nitrogen and oxygen atoms in total. The van der Waals surface area contributed by atoms with E-state index in [1.54, 1.807) is 29.3 Å². The smallest absolute Gasteiger partial charge is 0.266 e. The fourth-order valence-corrected chi connectivity index (χ4v) is 4.29. The van der Waals surface area contributed by atoms with Crippen molar-refractivity contribution in [1.29, 1.82) is 0 Å². The van der Waals surface area contributed by atoms with Crippen LogP contribution in [-0.2, 0) is 26.1 Å². The van der Waals surface area contributed by atoms with Gasteiger partial charge < -0.3 is 0 Å². The van der Waals surface area contributed by atoms with Crippen molar-refractivity contribution in [2.45, 2.75) is 51.4 Å². The van der Waals surface area contributed by atoms with Crippen LogP contribution in [0.5, 0.6) is 0 Å². The summed E-state index contributed by atoms with van der Waals surface area (Å²) >= 11 is 0. The molecule has 5 rings (SSSR count). The first kappa shape index (κ1) is 16.4. The van der Waals surface area contributed by atoms with Crippen LogP contribution < -0.4 is 5.56 Å². The maximum atomic E-state index is 12.3. The third-order valence-corrected chi connectivity index (χ3v) is 5.70. The SMILES string of the molecule is O=c1ccc(-n2ccnc2)nn1CC1CCCN1Cc1cnn2c1CCC2. The lowest BCUT2D eigenvalue weighted by Crippen LogP contribution is -2.37. The van der Waals surface area contributed by atoms with Crippen LogP contribution in [-0.4, -0.2) is 46.6 Å². The normalized spacial score (nSPS) is 19.6. The van der Waals surface area contributed by atoms with Gasteiger partial charge in [-0.1, -0.05) is 0 Å². The highest BCUT2D eigenvalue weighted by atomic mass is 16.1. The third kappa shape index (κ3) is 3.10. The Morgan fingerprint density at radius 2 is 2.15 bits per heavy atom. The number of aromatic nitrogens is 6. The quantitative estimate of drug-likeness (QED) is 0.680. The Morgan fingerprint density at radius 1 is 1.19 bits per heavy atom. The highest BCUT2D eigenvalue weighted by Crippen LogP contribution is 2.25. The summed E-state index contributed by atoms with van der Waals surface area (Å²) in [6, 6.07) is 3.65. The van der Waals surface area contributed by atoms with E-state index in [4.69, 9.17) is 0 Å². The molecule has 140 valence electrons. The van der Waals surface area contributed by atoms with Crippen molar-refractivity contribution in [2.24, 2.45) is 0 Å². The topological polar surface area (TPSA) is 73.8 Å². The van der Waals surface area contributed by atoms with Gasteiger partial charge in [0.25, 0.3) is 5.56 Å². The van der Waals surface area contributed by atoms with E-state index >= 15 is 0 Å². The number of fused-ring (bicyclic) bond motifs is 1. The molecule has 0 radical (unpaired) electrons. The average molecular weight is 365 g/mol. The fraction of sp³-hybridized carbons (Fsp3) is 0.474. The van der Waals surface area contributed by atoms with Gasteiger partial charge in [-0.3, -0.25) is 18.9 Å². The molecule has 5 heterocycles. The third-order valence-electron chi connectivity index (χ3n) is 5.70. The van der Waals surface area contributed by atoms with Gasteiger partial charge in [-0.15, -0.1) is 0 Å². The summed E-state index contributed by atoms with van der Waals surface area (Å²) in [5, 5.41) is 9.07. The summed E-state index contributed by atoms with van der Waals surface area (Å²) in [7, 11) is 0. The molecule has 8 heteroatoms. The lowest BCUT2D eigenvalue weighted by molar-refractivity contribution is 0.216. The minimum absolute atomic E-state index is 0.0582. The van der Waals surface area contributed by atoms with Crippen LogP contribution in [0.15, 0.2) is 41.8 Å². The van der Waals surface area contributed by atoms with Crippen LogP contribution in [0.4, 0.5) is 0 Å². The molecule has 1 fully saturated rings. The molecule has 3 aromatic rings. The lowest BCUT2D eigenvalue weighted by atomic mass is 10.1. The number of hydrogen-bond donors (Lipinski definition) is 0. The van der Waals surface area contributed by atoms with Gasteiger partial charge in [0.15, 0.2) is 5.82 Å². The molecule has 1 atom stereocenters. The lowest BCUT2D eigenvalue weighted by Gasteiger charge is -2.24. The molecular weight excluding hydrogens is 342 g/mol. The maximum Gasteiger partial charge on any atom is 0.266 e. The second kappa shape index (κ2) is 6.77. The van der Waals surface area contributed by atoms with E-state index < -0.39 is 0 Å². The molecular formula is C19H23N7O. The average Bonchev–Trinajstić information content (AvgIpc) is 3.44. The minimum Gasteiger partial charge on any atom is -0.294 e. The van der Waals surface area contributed by atoms with E-state index in [0.717, 1.165) is 38.9 Å². The van der Waals surface area contributed by atoms with Crippen molar-refractivity contribution in [2.75, 3.05) is 6.54 Å². The Kier molecular flexibility index (Phi) is 4.12. The summed E-state index contributed by atoms with van der Waals surface area (Å²) in [4.78, 5) is 18.9.